The lowest BCUT2D eigenvalue weighted by atomic mass is 9.93. The fourth-order valence-corrected chi connectivity index (χ4v) is 9.00. The normalized spacial score (nSPS) is 19.1. The molecule has 2 saturated heterocycles. The molecule has 3 aliphatic rings. The summed E-state index contributed by atoms with van der Waals surface area (Å²) in [6, 6.07) is 17.9. The fraction of sp³-hybridized carbons (Fsp3) is 0.421. The van der Waals surface area contributed by atoms with Gasteiger partial charge in [0.05, 0.1) is 37.8 Å². The van der Waals surface area contributed by atoms with Crippen molar-refractivity contribution in [1.29, 1.82) is 0 Å². The van der Waals surface area contributed by atoms with Gasteiger partial charge in [0.15, 0.2) is 9.84 Å². The molecule has 1 saturated carbocycles. The van der Waals surface area contributed by atoms with Crippen LogP contribution in [0.4, 0.5) is 13.2 Å². The molecule has 0 unspecified atom stereocenters. The molecule has 12 heteroatoms. The van der Waals surface area contributed by atoms with Crippen LogP contribution in [0.3, 0.4) is 0 Å². The van der Waals surface area contributed by atoms with Crippen LogP contribution in [0.2, 0.25) is 5.02 Å². The summed E-state index contributed by atoms with van der Waals surface area (Å²) in [5.41, 5.74) is 0.827. The number of sulfone groups is 1. The molecule has 264 valence electrons. The Labute approximate surface area is 295 Å². The van der Waals surface area contributed by atoms with Crippen LogP contribution in [0, 0.1) is 0 Å². The molecule has 1 amide bonds. The van der Waals surface area contributed by atoms with Crippen molar-refractivity contribution in [2.75, 3.05) is 32.4 Å². The molecule has 7 nitrogen and oxygen atoms in total. The van der Waals surface area contributed by atoms with E-state index >= 15 is 0 Å². The van der Waals surface area contributed by atoms with E-state index in [1.165, 1.54) is 37.5 Å². The number of nitrogens with one attached hydrogen (secondary N) is 1. The van der Waals surface area contributed by atoms with Crippen molar-refractivity contribution in [3.63, 3.8) is 0 Å². The topological polar surface area (TPSA) is 82.6 Å². The van der Waals surface area contributed by atoms with Crippen LogP contribution < -0.4 is 5.32 Å². The van der Waals surface area contributed by atoms with E-state index in [4.69, 9.17) is 16.6 Å². The summed E-state index contributed by atoms with van der Waals surface area (Å²) in [4.78, 5) is 24.3. The summed E-state index contributed by atoms with van der Waals surface area (Å²) in [5, 5.41) is 3.46. The number of amides is 1. The van der Waals surface area contributed by atoms with Gasteiger partial charge in [0.2, 0.25) is 0 Å². The molecule has 3 fully saturated rings. The van der Waals surface area contributed by atoms with E-state index in [2.05, 4.69) is 15.1 Å². The molecule has 0 bridgehead atoms. The Morgan fingerprint density at radius 3 is 2.30 bits per heavy atom. The zero-order valence-electron chi connectivity index (χ0n) is 27.9. The van der Waals surface area contributed by atoms with Gasteiger partial charge < -0.3 is 10.2 Å². The number of fused-ring (bicyclic) bond motifs is 1. The van der Waals surface area contributed by atoms with Gasteiger partial charge in [0.1, 0.15) is 0 Å². The molecule has 50 heavy (non-hydrogen) atoms. The first-order valence-electron chi connectivity index (χ1n) is 17.2. The Hall–Kier alpha value is -3.51. The number of carbonyl (C=O) groups excluding carboxylic acids is 1. The van der Waals surface area contributed by atoms with Gasteiger partial charge in [-0.3, -0.25) is 9.69 Å². The number of rotatable bonds is 8. The number of hydrogen-bond acceptors (Lipinski definition) is 6. The molecule has 0 spiro atoms. The molecule has 0 radical (unpaired) electrons. The quantitative estimate of drug-likeness (QED) is 0.199. The van der Waals surface area contributed by atoms with Gasteiger partial charge >= 0.3 is 6.18 Å². The van der Waals surface area contributed by atoms with E-state index in [9.17, 15) is 26.4 Å². The van der Waals surface area contributed by atoms with Gasteiger partial charge in [-0.15, -0.1) is 0 Å². The highest BCUT2D eigenvalue weighted by molar-refractivity contribution is 7.90. The maximum absolute atomic E-state index is 14.7. The first kappa shape index (κ1) is 34.9. The van der Waals surface area contributed by atoms with Gasteiger partial charge in [-0.05, 0) is 94.5 Å². The van der Waals surface area contributed by atoms with Gasteiger partial charge in [0.25, 0.3) is 5.91 Å². The number of likely N-dealkylation sites (tertiary alicyclic amines) is 2. The third-order valence-electron chi connectivity index (χ3n) is 10.5. The SMILES string of the molecule is CS(=O)(=O)c1cc2c(C(=O)NC3(c4ccccc4)CC3)c(CN3CCC(N4CCCCC4)CC3)c(-c3cccc(C(F)(F)F)c3)nc2cc1Cl. The van der Waals surface area contributed by atoms with Crippen molar-refractivity contribution in [1.82, 2.24) is 20.1 Å². The second kappa shape index (κ2) is 13.6. The summed E-state index contributed by atoms with van der Waals surface area (Å²) in [6.45, 7) is 3.92. The molecule has 3 heterocycles. The smallest absolute Gasteiger partial charge is 0.342 e. The molecule has 1 aliphatic carbocycles. The third kappa shape index (κ3) is 7.15. The maximum Gasteiger partial charge on any atom is 0.416 e. The predicted octanol–water partition coefficient (Wildman–Crippen LogP) is 7.85. The van der Waals surface area contributed by atoms with Crippen molar-refractivity contribution < 1.29 is 26.4 Å². The van der Waals surface area contributed by atoms with Crippen LogP contribution in [0.5, 0.6) is 0 Å². The van der Waals surface area contributed by atoms with Gasteiger partial charge in [-0.25, -0.2) is 13.4 Å². The molecule has 1 N–H and O–H groups in total. The van der Waals surface area contributed by atoms with Gasteiger partial charge in [-0.1, -0.05) is 60.5 Å². The Kier molecular flexibility index (Phi) is 9.47. The molecular formula is C38H40ClF3N4O3S. The third-order valence-corrected chi connectivity index (χ3v) is 12.1. The first-order chi connectivity index (χ1) is 23.8. The second-order valence-corrected chi connectivity index (χ2v) is 16.4. The van der Waals surface area contributed by atoms with Crippen LogP contribution in [0.1, 0.15) is 72.0 Å². The van der Waals surface area contributed by atoms with E-state index in [1.54, 1.807) is 6.07 Å². The summed E-state index contributed by atoms with van der Waals surface area (Å²) < 4.78 is 67.7. The standard InChI is InChI=1S/C38H40ClF3N4O3S/c1-50(48,49)33-22-29-32(23-31(33)39)43-35(25-9-8-12-27(21-25)38(40,41)42)30(24-45-19-13-28(14-20-45)46-17-6-3-7-18-46)34(29)36(47)44-37(15-16-37)26-10-4-2-5-11-26/h2,4-5,8-12,21-23,28H,3,6-7,13-20,24H2,1H3,(H,44,47). The van der Waals surface area contributed by atoms with Crippen molar-refractivity contribution in [2.24, 2.45) is 0 Å². The summed E-state index contributed by atoms with van der Waals surface area (Å²) in [5.74, 6) is -0.438. The molecule has 0 atom stereocenters. The zero-order valence-corrected chi connectivity index (χ0v) is 29.5. The average molecular weight is 725 g/mol. The van der Waals surface area contributed by atoms with Gasteiger partial charge in [0, 0.05) is 35.4 Å². The van der Waals surface area contributed by atoms with Crippen molar-refractivity contribution in [2.45, 2.75) is 74.1 Å². The number of nitrogens with zero attached hydrogens (tertiary/aromatic N) is 3. The van der Waals surface area contributed by atoms with Crippen molar-refractivity contribution in [3.8, 4) is 11.3 Å². The monoisotopic (exact) mass is 724 g/mol. The van der Waals surface area contributed by atoms with E-state index < -0.39 is 33.0 Å². The number of benzene rings is 3. The lowest BCUT2D eigenvalue weighted by molar-refractivity contribution is -0.137. The van der Waals surface area contributed by atoms with Crippen molar-refractivity contribution >= 4 is 38.2 Å². The Morgan fingerprint density at radius 2 is 1.66 bits per heavy atom. The molecule has 3 aromatic carbocycles. The number of hydrogen-bond donors (Lipinski definition) is 1. The number of piperidine rings is 2. The highest BCUT2D eigenvalue weighted by atomic mass is 35.5. The van der Waals surface area contributed by atoms with Gasteiger partial charge in [-0.2, -0.15) is 13.2 Å². The average Bonchev–Trinajstić information content (AvgIpc) is 3.88. The fourth-order valence-electron chi connectivity index (χ4n) is 7.68. The summed E-state index contributed by atoms with van der Waals surface area (Å²) in [7, 11) is -3.81. The summed E-state index contributed by atoms with van der Waals surface area (Å²) >= 11 is 6.49. The Balaban J connectivity index is 1.38. The Morgan fingerprint density at radius 1 is 0.960 bits per heavy atom. The molecule has 4 aromatic rings. The van der Waals surface area contributed by atoms with Crippen LogP contribution >= 0.6 is 11.6 Å². The predicted molar refractivity (Wildman–Crippen MR) is 189 cm³/mol. The van der Waals surface area contributed by atoms with Crippen LogP contribution in [0.15, 0.2) is 71.6 Å². The highest BCUT2D eigenvalue weighted by Crippen LogP contribution is 2.46. The number of halogens is 4. The van der Waals surface area contributed by atoms with Crippen molar-refractivity contribution in [3.05, 3.63) is 94.0 Å². The number of pyridine rings is 1. The maximum atomic E-state index is 14.7. The number of alkyl halides is 3. The van der Waals surface area contributed by atoms with Crippen LogP contribution in [-0.4, -0.2) is 67.6 Å². The number of carbonyl (C=O) groups is 1. The van der Waals surface area contributed by atoms with E-state index in [0.717, 1.165) is 63.0 Å². The van der Waals surface area contributed by atoms with E-state index in [0.29, 0.717) is 24.4 Å². The molecule has 1 aromatic heterocycles. The van der Waals surface area contributed by atoms with E-state index in [-0.39, 0.29) is 44.2 Å². The lowest BCUT2D eigenvalue weighted by Gasteiger charge is -2.40. The largest absolute Gasteiger partial charge is 0.416 e. The molecular weight excluding hydrogens is 685 g/mol. The highest BCUT2D eigenvalue weighted by Gasteiger charge is 2.46. The molecule has 2 aliphatic heterocycles. The minimum absolute atomic E-state index is 0.0793. The Bertz CT molecular complexity index is 2020. The van der Waals surface area contributed by atoms with E-state index in [1.807, 2.05) is 30.3 Å². The van der Waals surface area contributed by atoms with Crippen LogP contribution in [-0.2, 0) is 28.1 Å². The minimum Gasteiger partial charge on any atom is -0.342 e. The van der Waals surface area contributed by atoms with Crippen LogP contribution in [0.25, 0.3) is 22.2 Å². The first-order valence-corrected chi connectivity index (χ1v) is 19.5. The minimum atomic E-state index is -4.59. The lowest BCUT2D eigenvalue weighted by Crippen LogP contribution is -2.46. The second-order valence-electron chi connectivity index (χ2n) is 14.0. The zero-order chi connectivity index (χ0) is 35.3. The summed E-state index contributed by atoms with van der Waals surface area (Å²) in [6.07, 6.45) is 3.41. The molecule has 7 rings (SSSR count). The number of aromatic nitrogens is 1.